The fourth-order valence-corrected chi connectivity index (χ4v) is 5.46. The smallest absolute Gasteiger partial charge is 0.255 e. The Morgan fingerprint density at radius 2 is 1.58 bits per heavy atom. The minimum atomic E-state index is -3.48. The standard InChI is InChI=1S/C24H23Cl2N3O3S/c25-22-10-9-20(16-23(22)26)27-24(30)19-6-4-5-18(15-19)17-28-11-13-29(14-12-28)33(31,32)21-7-2-1-3-8-21/h1-10,15-16H,11-14,17H2,(H,27,30). The van der Waals surface area contributed by atoms with E-state index < -0.39 is 10.0 Å². The second kappa shape index (κ2) is 10.2. The maximum atomic E-state index is 12.8. The Balaban J connectivity index is 1.36. The second-order valence-corrected chi connectivity index (χ2v) is 10.5. The van der Waals surface area contributed by atoms with Crippen LogP contribution in [0.25, 0.3) is 0 Å². The van der Waals surface area contributed by atoms with Gasteiger partial charge >= 0.3 is 0 Å². The van der Waals surface area contributed by atoms with E-state index in [0.717, 1.165) is 5.56 Å². The van der Waals surface area contributed by atoms with E-state index in [4.69, 9.17) is 23.2 Å². The number of sulfonamides is 1. The van der Waals surface area contributed by atoms with Crippen LogP contribution in [0.15, 0.2) is 77.7 Å². The van der Waals surface area contributed by atoms with Crippen molar-refractivity contribution in [3.8, 4) is 0 Å². The average molecular weight is 504 g/mol. The summed E-state index contributed by atoms with van der Waals surface area (Å²) in [5.74, 6) is -0.242. The average Bonchev–Trinajstić information content (AvgIpc) is 2.82. The topological polar surface area (TPSA) is 69.7 Å². The largest absolute Gasteiger partial charge is 0.322 e. The maximum absolute atomic E-state index is 12.8. The van der Waals surface area contributed by atoms with E-state index in [1.54, 1.807) is 54.6 Å². The molecule has 1 amide bonds. The molecular weight excluding hydrogens is 481 g/mol. The molecule has 0 saturated carbocycles. The van der Waals surface area contributed by atoms with Gasteiger partial charge in [-0.15, -0.1) is 0 Å². The SMILES string of the molecule is O=C(Nc1ccc(Cl)c(Cl)c1)c1cccc(CN2CCN(S(=O)(=O)c3ccccc3)CC2)c1. The molecule has 0 bridgehead atoms. The summed E-state index contributed by atoms with van der Waals surface area (Å²) in [4.78, 5) is 15.2. The molecule has 0 aliphatic carbocycles. The summed E-state index contributed by atoms with van der Waals surface area (Å²) in [7, 11) is -3.48. The first-order valence-electron chi connectivity index (χ1n) is 10.5. The lowest BCUT2D eigenvalue weighted by atomic mass is 10.1. The first-order chi connectivity index (χ1) is 15.8. The second-order valence-electron chi connectivity index (χ2n) is 7.78. The summed E-state index contributed by atoms with van der Waals surface area (Å²) in [5, 5.41) is 3.62. The summed E-state index contributed by atoms with van der Waals surface area (Å²) in [6.45, 7) is 2.72. The van der Waals surface area contributed by atoms with Crippen molar-refractivity contribution in [1.82, 2.24) is 9.21 Å². The number of halogens is 2. The Morgan fingerprint density at radius 3 is 2.27 bits per heavy atom. The van der Waals surface area contributed by atoms with Crippen molar-refractivity contribution in [3.05, 3.63) is 94.0 Å². The molecule has 3 aromatic carbocycles. The van der Waals surface area contributed by atoms with Crippen molar-refractivity contribution in [2.24, 2.45) is 0 Å². The number of rotatable bonds is 6. The molecule has 9 heteroatoms. The molecule has 1 saturated heterocycles. The van der Waals surface area contributed by atoms with E-state index in [1.807, 2.05) is 18.2 Å². The lowest BCUT2D eigenvalue weighted by Gasteiger charge is -2.34. The first-order valence-corrected chi connectivity index (χ1v) is 12.7. The number of nitrogens with zero attached hydrogens (tertiary/aromatic N) is 2. The van der Waals surface area contributed by atoms with Crippen molar-refractivity contribution in [2.45, 2.75) is 11.4 Å². The van der Waals surface area contributed by atoms with Gasteiger partial charge in [-0.2, -0.15) is 4.31 Å². The van der Waals surface area contributed by atoms with Gasteiger partial charge in [-0.05, 0) is 48.0 Å². The fourth-order valence-electron chi connectivity index (χ4n) is 3.72. The van der Waals surface area contributed by atoms with Crippen LogP contribution >= 0.6 is 23.2 Å². The van der Waals surface area contributed by atoms with E-state index in [2.05, 4.69) is 10.2 Å². The van der Waals surface area contributed by atoms with E-state index in [9.17, 15) is 13.2 Å². The molecule has 172 valence electrons. The van der Waals surface area contributed by atoms with Crippen LogP contribution in [-0.4, -0.2) is 49.7 Å². The Morgan fingerprint density at radius 1 is 0.848 bits per heavy atom. The van der Waals surface area contributed by atoms with Crippen LogP contribution in [0.3, 0.4) is 0 Å². The van der Waals surface area contributed by atoms with Crippen molar-refractivity contribution in [1.29, 1.82) is 0 Å². The number of carbonyl (C=O) groups excluding carboxylic acids is 1. The molecule has 1 N–H and O–H groups in total. The molecule has 0 aromatic heterocycles. The zero-order chi connectivity index (χ0) is 23.4. The fraction of sp³-hybridized carbons (Fsp3) is 0.208. The number of amides is 1. The Kier molecular flexibility index (Phi) is 7.36. The van der Waals surface area contributed by atoms with Gasteiger partial charge < -0.3 is 5.32 Å². The van der Waals surface area contributed by atoms with Crippen LogP contribution in [0.5, 0.6) is 0 Å². The van der Waals surface area contributed by atoms with Gasteiger partial charge in [0.15, 0.2) is 0 Å². The van der Waals surface area contributed by atoms with Gasteiger partial charge in [0.25, 0.3) is 5.91 Å². The van der Waals surface area contributed by atoms with Crippen LogP contribution in [-0.2, 0) is 16.6 Å². The number of hydrogen-bond donors (Lipinski definition) is 1. The predicted molar refractivity (Wildman–Crippen MR) is 131 cm³/mol. The highest BCUT2D eigenvalue weighted by molar-refractivity contribution is 7.89. The number of benzene rings is 3. The highest BCUT2D eigenvalue weighted by atomic mass is 35.5. The van der Waals surface area contributed by atoms with E-state index >= 15 is 0 Å². The van der Waals surface area contributed by atoms with Gasteiger partial charge in [-0.3, -0.25) is 9.69 Å². The highest BCUT2D eigenvalue weighted by Crippen LogP contribution is 2.25. The quantitative estimate of drug-likeness (QED) is 0.526. The van der Waals surface area contributed by atoms with Crippen LogP contribution in [0, 0.1) is 0 Å². The molecule has 0 unspecified atom stereocenters. The zero-order valence-electron chi connectivity index (χ0n) is 17.7. The molecule has 1 aliphatic heterocycles. The Hall–Kier alpha value is -2.42. The van der Waals surface area contributed by atoms with Crippen LogP contribution in [0.1, 0.15) is 15.9 Å². The summed E-state index contributed by atoms with van der Waals surface area (Å²) < 4.78 is 27.1. The Labute approximate surface area is 203 Å². The third-order valence-electron chi connectivity index (χ3n) is 5.49. The third kappa shape index (κ3) is 5.75. The summed E-state index contributed by atoms with van der Waals surface area (Å²) in [6, 6.07) is 20.8. The number of hydrogen-bond acceptors (Lipinski definition) is 4. The normalized spacial score (nSPS) is 15.3. The molecular formula is C24H23Cl2N3O3S. The summed E-state index contributed by atoms with van der Waals surface area (Å²) in [6.07, 6.45) is 0. The molecule has 1 aliphatic rings. The highest BCUT2D eigenvalue weighted by Gasteiger charge is 2.28. The molecule has 0 atom stereocenters. The number of carbonyl (C=O) groups is 1. The first kappa shape index (κ1) is 23.7. The third-order valence-corrected chi connectivity index (χ3v) is 8.14. The van der Waals surface area contributed by atoms with Crippen molar-refractivity contribution in [2.75, 3.05) is 31.5 Å². The van der Waals surface area contributed by atoms with E-state index in [1.165, 1.54) is 4.31 Å². The van der Waals surface area contributed by atoms with Gasteiger partial charge in [0.05, 0.1) is 14.9 Å². The Bertz CT molecular complexity index is 1240. The lowest BCUT2D eigenvalue weighted by Crippen LogP contribution is -2.48. The molecule has 0 spiro atoms. The van der Waals surface area contributed by atoms with Crippen LogP contribution in [0.4, 0.5) is 5.69 Å². The van der Waals surface area contributed by atoms with Gasteiger partial charge in [0.2, 0.25) is 10.0 Å². The zero-order valence-corrected chi connectivity index (χ0v) is 20.1. The van der Waals surface area contributed by atoms with Gasteiger partial charge in [0.1, 0.15) is 0 Å². The molecule has 1 heterocycles. The number of anilines is 1. The van der Waals surface area contributed by atoms with Crippen molar-refractivity contribution < 1.29 is 13.2 Å². The van der Waals surface area contributed by atoms with Gasteiger partial charge in [0, 0.05) is 44.0 Å². The van der Waals surface area contributed by atoms with E-state index in [0.29, 0.717) is 58.9 Å². The van der Waals surface area contributed by atoms with Crippen molar-refractivity contribution >= 4 is 44.8 Å². The minimum absolute atomic E-state index is 0.242. The van der Waals surface area contributed by atoms with Crippen LogP contribution < -0.4 is 5.32 Å². The molecule has 33 heavy (non-hydrogen) atoms. The molecule has 1 fully saturated rings. The lowest BCUT2D eigenvalue weighted by molar-refractivity contribution is 0.102. The molecule has 4 rings (SSSR count). The van der Waals surface area contributed by atoms with Gasteiger partial charge in [-0.25, -0.2) is 8.42 Å². The van der Waals surface area contributed by atoms with Crippen LogP contribution in [0.2, 0.25) is 10.0 Å². The number of piperazine rings is 1. The number of nitrogens with one attached hydrogen (secondary N) is 1. The van der Waals surface area contributed by atoms with Crippen molar-refractivity contribution in [3.63, 3.8) is 0 Å². The molecule has 3 aromatic rings. The molecule has 6 nitrogen and oxygen atoms in total. The molecule has 0 radical (unpaired) electrons. The monoisotopic (exact) mass is 503 g/mol. The van der Waals surface area contributed by atoms with E-state index in [-0.39, 0.29) is 5.91 Å². The van der Waals surface area contributed by atoms with Gasteiger partial charge in [-0.1, -0.05) is 53.5 Å². The summed E-state index contributed by atoms with van der Waals surface area (Å²) in [5.41, 5.74) is 2.08. The summed E-state index contributed by atoms with van der Waals surface area (Å²) >= 11 is 11.9. The minimum Gasteiger partial charge on any atom is -0.322 e. The maximum Gasteiger partial charge on any atom is 0.255 e. The predicted octanol–water partition coefficient (Wildman–Crippen LogP) is 4.75.